The van der Waals surface area contributed by atoms with Gasteiger partial charge in [0.15, 0.2) is 0 Å². The Labute approximate surface area is 104 Å². The number of nitrogens with two attached hydrogens (primary N) is 1. The monoisotopic (exact) mass is 255 g/mol. The third-order valence-corrected chi connectivity index (χ3v) is 3.46. The molecule has 1 aromatic heterocycles. The summed E-state index contributed by atoms with van der Waals surface area (Å²) in [6.07, 6.45) is 2.14. The Kier molecular flexibility index (Phi) is 4.47. The molecule has 2 atom stereocenters. The van der Waals surface area contributed by atoms with Crippen molar-refractivity contribution in [2.24, 2.45) is 5.73 Å². The molecule has 2 heterocycles. The van der Waals surface area contributed by atoms with Gasteiger partial charge in [0, 0.05) is 24.9 Å². The van der Waals surface area contributed by atoms with E-state index >= 15 is 0 Å². The number of hydrogen-bond acceptors (Lipinski definition) is 5. The number of carbonyl (C=O) groups excluding carboxylic acids is 1. The topological polar surface area (TPSA) is 77.2 Å². The molecule has 0 radical (unpaired) electrons. The number of nitrogens with zero attached hydrogens (tertiary/aromatic N) is 1. The second-order valence-electron chi connectivity index (χ2n) is 4.08. The highest BCUT2D eigenvalue weighted by Crippen LogP contribution is 2.18. The molecule has 17 heavy (non-hydrogen) atoms. The van der Waals surface area contributed by atoms with E-state index in [-0.39, 0.29) is 18.1 Å². The minimum atomic E-state index is -0.320. The third-order valence-electron chi connectivity index (χ3n) is 2.83. The second-order valence-corrected chi connectivity index (χ2v) is 4.80. The van der Waals surface area contributed by atoms with E-state index in [9.17, 15) is 4.79 Å². The van der Waals surface area contributed by atoms with Crippen LogP contribution in [0.2, 0.25) is 0 Å². The van der Waals surface area contributed by atoms with E-state index in [2.05, 4.69) is 10.3 Å². The molecule has 2 unspecified atom stereocenters. The van der Waals surface area contributed by atoms with Crippen molar-refractivity contribution in [2.45, 2.75) is 31.5 Å². The fourth-order valence-electron chi connectivity index (χ4n) is 1.86. The molecule has 1 aliphatic heterocycles. The summed E-state index contributed by atoms with van der Waals surface area (Å²) in [5.41, 5.74) is 8.31. The summed E-state index contributed by atoms with van der Waals surface area (Å²) in [6, 6.07) is 0. The molecule has 0 saturated carbocycles. The zero-order chi connectivity index (χ0) is 12.1. The van der Waals surface area contributed by atoms with Crippen LogP contribution >= 0.6 is 11.3 Å². The molecular formula is C11H17N3O2S. The average Bonchev–Trinajstić information content (AvgIpc) is 2.99. The molecule has 1 aliphatic rings. The molecular weight excluding hydrogens is 238 g/mol. The number of carbonyl (C=O) groups is 1. The maximum absolute atomic E-state index is 11.7. The van der Waals surface area contributed by atoms with Crippen LogP contribution in [0.3, 0.4) is 0 Å². The van der Waals surface area contributed by atoms with Gasteiger partial charge in [0.25, 0.3) is 0 Å². The van der Waals surface area contributed by atoms with Gasteiger partial charge in [-0.1, -0.05) is 0 Å². The van der Waals surface area contributed by atoms with Crippen molar-refractivity contribution in [1.82, 2.24) is 10.3 Å². The van der Waals surface area contributed by atoms with E-state index in [1.807, 2.05) is 5.38 Å². The molecule has 1 aromatic rings. The van der Waals surface area contributed by atoms with Gasteiger partial charge < -0.3 is 15.8 Å². The number of hydrogen-bond donors (Lipinski definition) is 2. The zero-order valence-electron chi connectivity index (χ0n) is 9.59. The highest BCUT2D eigenvalue weighted by Gasteiger charge is 2.29. The summed E-state index contributed by atoms with van der Waals surface area (Å²) in [6.45, 7) is 1.10. The molecule has 94 valence electrons. The first-order valence-corrected chi connectivity index (χ1v) is 6.74. The highest BCUT2D eigenvalue weighted by atomic mass is 32.1. The lowest BCUT2D eigenvalue weighted by Crippen LogP contribution is -2.36. The Bertz CT molecular complexity index is 356. The Morgan fingerprint density at radius 2 is 2.53 bits per heavy atom. The van der Waals surface area contributed by atoms with Crippen LogP contribution in [0.15, 0.2) is 10.9 Å². The summed E-state index contributed by atoms with van der Waals surface area (Å²) >= 11 is 1.56. The van der Waals surface area contributed by atoms with Gasteiger partial charge in [-0.15, -0.1) is 11.3 Å². The molecule has 0 spiro atoms. The van der Waals surface area contributed by atoms with E-state index in [0.29, 0.717) is 13.1 Å². The molecule has 1 fully saturated rings. The van der Waals surface area contributed by atoms with Gasteiger partial charge in [0.05, 0.1) is 17.3 Å². The predicted molar refractivity (Wildman–Crippen MR) is 65.8 cm³/mol. The Hall–Kier alpha value is -0.980. The van der Waals surface area contributed by atoms with Gasteiger partial charge in [0.2, 0.25) is 5.91 Å². The number of amides is 1. The summed E-state index contributed by atoms with van der Waals surface area (Å²) in [5, 5.41) is 4.86. The van der Waals surface area contributed by atoms with Crippen molar-refractivity contribution in [1.29, 1.82) is 0 Å². The summed E-state index contributed by atoms with van der Waals surface area (Å²) < 4.78 is 5.51. The molecule has 0 bridgehead atoms. The first-order valence-electron chi connectivity index (χ1n) is 5.80. The van der Waals surface area contributed by atoms with Crippen LogP contribution in [-0.4, -0.2) is 36.2 Å². The van der Waals surface area contributed by atoms with Gasteiger partial charge >= 0.3 is 0 Å². The number of ether oxygens (including phenoxy) is 1. The number of aromatic nitrogens is 1. The van der Waals surface area contributed by atoms with Crippen molar-refractivity contribution in [3.05, 3.63) is 16.6 Å². The van der Waals surface area contributed by atoms with E-state index in [1.54, 1.807) is 16.8 Å². The first-order chi connectivity index (χ1) is 8.29. The summed E-state index contributed by atoms with van der Waals surface area (Å²) in [4.78, 5) is 15.9. The SMILES string of the molecule is NCC1CCC(C(=O)NCCc2cscn2)O1. The fourth-order valence-corrected chi connectivity index (χ4v) is 2.45. The number of nitrogens with one attached hydrogen (secondary N) is 1. The van der Waals surface area contributed by atoms with Crippen LogP contribution in [0.4, 0.5) is 0 Å². The van der Waals surface area contributed by atoms with Crippen molar-refractivity contribution in [2.75, 3.05) is 13.1 Å². The maximum Gasteiger partial charge on any atom is 0.249 e. The Morgan fingerprint density at radius 1 is 1.65 bits per heavy atom. The normalized spacial score (nSPS) is 23.8. The molecule has 1 saturated heterocycles. The molecule has 0 aliphatic carbocycles. The molecule has 1 amide bonds. The lowest BCUT2D eigenvalue weighted by atomic mass is 10.2. The third kappa shape index (κ3) is 3.49. The second kappa shape index (κ2) is 6.09. The largest absolute Gasteiger partial charge is 0.364 e. The van der Waals surface area contributed by atoms with Gasteiger partial charge in [-0.3, -0.25) is 4.79 Å². The van der Waals surface area contributed by atoms with Gasteiger partial charge in [-0.25, -0.2) is 4.98 Å². The summed E-state index contributed by atoms with van der Waals surface area (Å²) in [7, 11) is 0. The van der Waals surface area contributed by atoms with Gasteiger partial charge in [0.1, 0.15) is 6.10 Å². The van der Waals surface area contributed by atoms with Crippen molar-refractivity contribution < 1.29 is 9.53 Å². The molecule has 2 rings (SSSR count). The smallest absolute Gasteiger partial charge is 0.249 e. The van der Waals surface area contributed by atoms with Crippen molar-refractivity contribution in [3.8, 4) is 0 Å². The minimum absolute atomic E-state index is 0.0313. The number of thiazole rings is 1. The van der Waals surface area contributed by atoms with Crippen LogP contribution in [0, 0.1) is 0 Å². The predicted octanol–water partition coefficient (Wildman–Crippen LogP) is 0.308. The Morgan fingerprint density at radius 3 is 3.18 bits per heavy atom. The van der Waals surface area contributed by atoms with Crippen LogP contribution in [-0.2, 0) is 16.0 Å². The highest BCUT2D eigenvalue weighted by molar-refractivity contribution is 7.07. The van der Waals surface area contributed by atoms with Crippen LogP contribution in [0.1, 0.15) is 18.5 Å². The quantitative estimate of drug-likeness (QED) is 0.793. The van der Waals surface area contributed by atoms with Gasteiger partial charge in [-0.2, -0.15) is 0 Å². The van der Waals surface area contributed by atoms with Crippen molar-refractivity contribution >= 4 is 17.2 Å². The lowest BCUT2D eigenvalue weighted by Gasteiger charge is -2.12. The van der Waals surface area contributed by atoms with E-state index in [4.69, 9.17) is 10.5 Å². The molecule has 6 heteroatoms. The van der Waals surface area contributed by atoms with E-state index < -0.39 is 0 Å². The average molecular weight is 255 g/mol. The maximum atomic E-state index is 11.7. The standard InChI is InChI=1S/C11H17N3O2S/c12-5-9-1-2-10(16-9)11(15)13-4-3-8-6-17-7-14-8/h6-7,9-10H,1-5,12H2,(H,13,15). The molecule has 0 aromatic carbocycles. The lowest BCUT2D eigenvalue weighted by molar-refractivity contribution is -0.131. The van der Waals surface area contributed by atoms with Crippen molar-refractivity contribution in [3.63, 3.8) is 0 Å². The van der Waals surface area contributed by atoms with Gasteiger partial charge in [-0.05, 0) is 12.8 Å². The Balaban J connectivity index is 1.67. The minimum Gasteiger partial charge on any atom is -0.364 e. The van der Waals surface area contributed by atoms with Crippen LogP contribution in [0.25, 0.3) is 0 Å². The van der Waals surface area contributed by atoms with Crippen LogP contribution in [0.5, 0.6) is 0 Å². The fraction of sp³-hybridized carbons (Fsp3) is 0.636. The number of rotatable bonds is 5. The first kappa shape index (κ1) is 12.5. The molecule has 5 nitrogen and oxygen atoms in total. The van der Waals surface area contributed by atoms with E-state index in [1.165, 1.54) is 0 Å². The zero-order valence-corrected chi connectivity index (χ0v) is 10.4. The van der Waals surface area contributed by atoms with Crippen LogP contribution < -0.4 is 11.1 Å². The molecule has 3 N–H and O–H groups in total. The summed E-state index contributed by atoms with van der Waals surface area (Å²) in [5.74, 6) is -0.0313. The van der Waals surface area contributed by atoms with E-state index in [0.717, 1.165) is 25.0 Å².